The van der Waals surface area contributed by atoms with Gasteiger partial charge in [0.15, 0.2) is 0 Å². The van der Waals surface area contributed by atoms with Gasteiger partial charge in [0.2, 0.25) is 0 Å². The average molecular weight is 316 g/mol. The number of rotatable bonds is 3. The van der Waals surface area contributed by atoms with Gasteiger partial charge in [0.1, 0.15) is 11.4 Å². The van der Waals surface area contributed by atoms with E-state index in [4.69, 9.17) is 9.47 Å². The van der Waals surface area contributed by atoms with Gasteiger partial charge in [-0.1, -0.05) is 12.1 Å². The van der Waals surface area contributed by atoms with Crippen LogP contribution in [0.3, 0.4) is 0 Å². The van der Waals surface area contributed by atoms with Crippen LogP contribution < -0.4 is 10.1 Å². The second-order valence-corrected chi connectivity index (χ2v) is 7.04. The number of nitrogens with zero attached hydrogens (tertiary/aromatic N) is 1. The summed E-state index contributed by atoms with van der Waals surface area (Å²) < 4.78 is 11.6. The maximum atomic E-state index is 12.8. The lowest BCUT2D eigenvalue weighted by molar-refractivity contribution is -0.197. The summed E-state index contributed by atoms with van der Waals surface area (Å²) >= 11 is 0. The number of carbonyl (C=O) groups excluding carboxylic acids is 1. The summed E-state index contributed by atoms with van der Waals surface area (Å²) in [6.07, 6.45) is 3.72. The number of morpholine rings is 1. The lowest BCUT2D eigenvalue weighted by Gasteiger charge is -2.48. The molecule has 0 unspecified atom stereocenters. The van der Waals surface area contributed by atoms with Gasteiger partial charge in [-0.2, -0.15) is 0 Å². The van der Waals surface area contributed by atoms with E-state index in [1.165, 1.54) is 0 Å². The van der Waals surface area contributed by atoms with Crippen LogP contribution in [0.1, 0.15) is 31.2 Å². The number of nitrogens with one attached hydrogen (secondary N) is 1. The second kappa shape index (κ2) is 5.49. The number of carbonyl (C=O) groups is 1. The Morgan fingerprint density at radius 1 is 1.17 bits per heavy atom. The molecule has 0 radical (unpaired) electrons. The Hall–Kier alpha value is -1.59. The first-order chi connectivity index (χ1) is 11.1. The van der Waals surface area contributed by atoms with Crippen molar-refractivity contribution in [2.45, 2.75) is 43.4 Å². The molecule has 1 N–H and O–H groups in total. The SMILES string of the molecule is COc1ccc(CN2CC3(CCNCC3)OC3(CC3)C2=O)cc1. The Bertz CT molecular complexity index is 589. The molecule has 1 aromatic carbocycles. The van der Waals surface area contributed by atoms with Gasteiger partial charge in [-0.3, -0.25) is 4.79 Å². The van der Waals surface area contributed by atoms with E-state index in [9.17, 15) is 4.79 Å². The third-order valence-corrected chi connectivity index (χ3v) is 5.32. The minimum Gasteiger partial charge on any atom is -0.497 e. The van der Waals surface area contributed by atoms with Crippen LogP contribution >= 0.6 is 0 Å². The Labute approximate surface area is 136 Å². The van der Waals surface area contributed by atoms with Crippen molar-refractivity contribution in [1.29, 1.82) is 0 Å². The fourth-order valence-corrected chi connectivity index (χ4v) is 3.85. The van der Waals surface area contributed by atoms with Gasteiger partial charge in [0, 0.05) is 6.54 Å². The highest BCUT2D eigenvalue weighted by atomic mass is 16.5. The molecule has 1 amide bonds. The highest BCUT2D eigenvalue weighted by Gasteiger charge is 2.61. The van der Waals surface area contributed by atoms with Crippen LogP contribution in [0.15, 0.2) is 24.3 Å². The Kier molecular flexibility index (Phi) is 3.58. The van der Waals surface area contributed by atoms with Gasteiger partial charge in [-0.25, -0.2) is 0 Å². The van der Waals surface area contributed by atoms with E-state index in [1.54, 1.807) is 7.11 Å². The first kappa shape index (κ1) is 15.0. The smallest absolute Gasteiger partial charge is 0.255 e. The van der Waals surface area contributed by atoms with Crippen molar-refractivity contribution >= 4 is 5.91 Å². The standard InChI is InChI=1S/C18H24N2O3/c1-22-15-4-2-14(3-5-15)12-20-13-17(8-10-19-11-9-17)23-18(6-7-18)16(20)21/h2-5,19H,6-13H2,1H3. The summed E-state index contributed by atoms with van der Waals surface area (Å²) in [4.78, 5) is 14.8. The molecule has 23 heavy (non-hydrogen) atoms. The summed E-state index contributed by atoms with van der Waals surface area (Å²) in [5, 5.41) is 3.40. The van der Waals surface area contributed by atoms with Crippen molar-refractivity contribution in [1.82, 2.24) is 10.2 Å². The summed E-state index contributed by atoms with van der Waals surface area (Å²) in [6, 6.07) is 7.98. The fourth-order valence-electron chi connectivity index (χ4n) is 3.85. The largest absolute Gasteiger partial charge is 0.497 e. The van der Waals surface area contributed by atoms with E-state index in [-0.39, 0.29) is 11.5 Å². The quantitative estimate of drug-likeness (QED) is 0.922. The van der Waals surface area contributed by atoms with Crippen LogP contribution in [0.25, 0.3) is 0 Å². The third-order valence-electron chi connectivity index (χ3n) is 5.32. The number of hydrogen-bond acceptors (Lipinski definition) is 4. The summed E-state index contributed by atoms with van der Waals surface area (Å²) in [5.74, 6) is 1.02. The van der Waals surface area contributed by atoms with Gasteiger partial charge in [0.05, 0.1) is 19.3 Å². The molecule has 2 heterocycles. The molecule has 124 valence electrons. The minimum absolute atomic E-state index is 0.151. The van der Waals surface area contributed by atoms with Gasteiger partial charge in [-0.05, 0) is 56.5 Å². The highest BCUT2D eigenvalue weighted by molar-refractivity contribution is 5.89. The fraction of sp³-hybridized carbons (Fsp3) is 0.611. The molecule has 1 aliphatic carbocycles. The Morgan fingerprint density at radius 3 is 2.48 bits per heavy atom. The monoisotopic (exact) mass is 316 g/mol. The summed E-state index contributed by atoms with van der Waals surface area (Å²) in [7, 11) is 1.66. The normalized spacial score (nSPS) is 24.9. The van der Waals surface area contributed by atoms with Gasteiger partial charge < -0.3 is 19.7 Å². The van der Waals surface area contributed by atoms with E-state index >= 15 is 0 Å². The predicted molar refractivity (Wildman–Crippen MR) is 86.3 cm³/mol. The summed E-state index contributed by atoms with van der Waals surface area (Å²) in [5.41, 5.74) is 0.477. The zero-order chi connectivity index (χ0) is 15.9. The number of methoxy groups -OCH3 is 1. The van der Waals surface area contributed by atoms with Crippen molar-refractivity contribution in [2.24, 2.45) is 0 Å². The number of hydrogen-bond donors (Lipinski definition) is 1. The van der Waals surface area contributed by atoms with Crippen LogP contribution in [0.4, 0.5) is 0 Å². The van der Waals surface area contributed by atoms with E-state index in [0.717, 1.165) is 50.1 Å². The zero-order valence-corrected chi connectivity index (χ0v) is 13.6. The molecule has 3 fully saturated rings. The summed E-state index contributed by atoms with van der Waals surface area (Å²) in [6.45, 7) is 3.31. The maximum Gasteiger partial charge on any atom is 0.255 e. The van der Waals surface area contributed by atoms with Crippen molar-refractivity contribution in [3.8, 4) is 5.75 Å². The topological polar surface area (TPSA) is 50.8 Å². The lowest BCUT2D eigenvalue weighted by atomic mass is 9.88. The van der Waals surface area contributed by atoms with Crippen molar-refractivity contribution in [2.75, 3.05) is 26.7 Å². The predicted octanol–water partition coefficient (Wildman–Crippen LogP) is 1.71. The Morgan fingerprint density at radius 2 is 1.87 bits per heavy atom. The van der Waals surface area contributed by atoms with Crippen LogP contribution in [-0.4, -0.2) is 48.8 Å². The van der Waals surface area contributed by atoms with E-state index in [0.29, 0.717) is 13.1 Å². The number of benzene rings is 1. The van der Waals surface area contributed by atoms with Gasteiger partial charge in [0.25, 0.3) is 5.91 Å². The van der Waals surface area contributed by atoms with Crippen molar-refractivity contribution in [3.05, 3.63) is 29.8 Å². The molecule has 1 saturated carbocycles. The first-order valence-electron chi connectivity index (χ1n) is 8.48. The van der Waals surface area contributed by atoms with Crippen molar-refractivity contribution < 1.29 is 14.3 Å². The molecule has 0 atom stereocenters. The zero-order valence-electron chi connectivity index (χ0n) is 13.6. The molecule has 1 aromatic rings. The minimum atomic E-state index is -0.512. The molecule has 4 rings (SSSR count). The Balaban J connectivity index is 1.54. The lowest BCUT2D eigenvalue weighted by Crippen LogP contribution is -2.62. The van der Waals surface area contributed by atoms with Crippen molar-refractivity contribution in [3.63, 3.8) is 0 Å². The van der Waals surface area contributed by atoms with Gasteiger partial charge in [-0.15, -0.1) is 0 Å². The molecular weight excluding hydrogens is 292 g/mol. The first-order valence-corrected chi connectivity index (χ1v) is 8.48. The highest BCUT2D eigenvalue weighted by Crippen LogP contribution is 2.49. The molecule has 5 heteroatoms. The van der Waals surface area contributed by atoms with Crippen LogP contribution in [0, 0.1) is 0 Å². The van der Waals surface area contributed by atoms with Gasteiger partial charge >= 0.3 is 0 Å². The number of ether oxygens (including phenoxy) is 2. The molecule has 2 aliphatic heterocycles. The van der Waals surface area contributed by atoms with Crippen LogP contribution in [-0.2, 0) is 16.1 Å². The molecule has 3 aliphatic rings. The van der Waals surface area contributed by atoms with E-state index < -0.39 is 5.60 Å². The maximum absolute atomic E-state index is 12.8. The second-order valence-electron chi connectivity index (χ2n) is 7.04. The third kappa shape index (κ3) is 2.72. The molecular formula is C18H24N2O3. The molecule has 2 spiro atoms. The average Bonchev–Trinajstić information content (AvgIpc) is 3.34. The molecule has 0 bridgehead atoms. The van der Waals surface area contributed by atoms with E-state index in [1.807, 2.05) is 29.2 Å². The van der Waals surface area contributed by atoms with E-state index in [2.05, 4.69) is 5.32 Å². The van der Waals surface area contributed by atoms with Crippen LogP contribution in [0.5, 0.6) is 5.75 Å². The van der Waals surface area contributed by atoms with Crippen LogP contribution in [0.2, 0.25) is 0 Å². The molecule has 2 saturated heterocycles. The number of amides is 1. The molecule has 0 aromatic heterocycles. The number of piperidine rings is 1. The molecule has 5 nitrogen and oxygen atoms in total.